The van der Waals surface area contributed by atoms with Crippen LogP contribution in [0.5, 0.6) is 0 Å². The van der Waals surface area contributed by atoms with Crippen LogP contribution < -0.4 is 5.73 Å². The first-order valence-corrected chi connectivity index (χ1v) is 7.64. The molecule has 6 heteroatoms. The van der Waals surface area contributed by atoms with Crippen LogP contribution in [-0.2, 0) is 0 Å². The summed E-state index contributed by atoms with van der Waals surface area (Å²) in [6, 6.07) is 8.61. The van der Waals surface area contributed by atoms with E-state index in [0.717, 1.165) is 35.5 Å². The monoisotopic (exact) mass is 309 g/mol. The fourth-order valence-corrected chi connectivity index (χ4v) is 2.88. The Morgan fingerprint density at radius 3 is 2.52 bits per heavy atom. The van der Waals surface area contributed by atoms with Crippen molar-refractivity contribution in [1.82, 2.24) is 19.5 Å². The fourth-order valence-electron chi connectivity index (χ4n) is 2.88. The van der Waals surface area contributed by atoms with E-state index in [0.29, 0.717) is 6.04 Å². The molecule has 116 valence electrons. The number of imidazole rings is 1. The van der Waals surface area contributed by atoms with Crippen molar-refractivity contribution in [2.75, 3.05) is 5.73 Å². The van der Waals surface area contributed by atoms with Gasteiger partial charge in [0.25, 0.3) is 0 Å². The van der Waals surface area contributed by atoms with Crippen molar-refractivity contribution in [3.05, 3.63) is 48.7 Å². The molecule has 2 aromatic heterocycles. The number of nitrogen functional groups attached to an aromatic ring is 1. The average molecular weight is 309 g/mol. The van der Waals surface area contributed by atoms with Gasteiger partial charge < -0.3 is 10.3 Å². The van der Waals surface area contributed by atoms with E-state index >= 15 is 0 Å². The second kappa shape index (κ2) is 5.46. The predicted octanol–water partition coefficient (Wildman–Crippen LogP) is 3.45. The summed E-state index contributed by atoms with van der Waals surface area (Å²) < 4.78 is 15.4. The standard InChI is InChI=1S/C17H16FN5/c18-12-6-4-11(5-7-12)15-16(14-8-9-20-17(19)22-14)23(10-21-15)13-2-1-3-13/h4-10,13H,1-3H2,(H2,19,20,22). The van der Waals surface area contributed by atoms with E-state index in [1.54, 1.807) is 18.3 Å². The third kappa shape index (κ3) is 2.46. The summed E-state index contributed by atoms with van der Waals surface area (Å²) in [5, 5.41) is 0. The Morgan fingerprint density at radius 2 is 1.87 bits per heavy atom. The third-order valence-electron chi connectivity index (χ3n) is 4.30. The summed E-state index contributed by atoms with van der Waals surface area (Å²) in [4.78, 5) is 12.9. The lowest BCUT2D eigenvalue weighted by molar-refractivity contribution is 0.316. The Balaban J connectivity index is 1.89. The van der Waals surface area contributed by atoms with Gasteiger partial charge in [0.05, 0.1) is 23.4 Å². The zero-order chi connectivity index (χ0) is 15.8. The molecule has 1 saturated carbocycles. The molecule has 0 unspecified atom stereocenters. The molecule has 4 rings (SSSR count). The van der Waals surface area contributed by atoms with Gasteiger partial charge in [-0.15, -0.1) is 0 Å². The maximum absolute atomic E-state index is 13.2. The van der Waals surface area contributed by atoms with Gasteiger partial charge in [-0.05, 0) is 49.6 Å². The van der Waals surface area contributed by atoms with Gasteiger partial charge in [0.1, 0.15) is 5.82 Å². The van der Waals surface area contributed by atoms with Crippen LogP contribution in [0.4, 0.5) is 10.3 Å². The van der Waals surface area contributed by atoms with Crippen molar-refractivity contribution in [3.8, 4) is 22.6 Å². The zero-order valence-electron chi connectivity index (χ0n) is 12.5. The smallest absolute Gasteiger partial charge is 0.220 e. The van der Waals surface area contributed by atoms with Crippen molar-refractivity contribution in [2.24, 2.45) is 0 Å². The first kappa shape index (κ1) is 13.9. The summed E-state index contributed by atoms with van der Waals surface area (Å²) in [6.45, 7) is 0. The largest absolute Gasteiger partial charge is 0.368 e. The number of halogens is 1. The minimum Gasteiger partial charge on any atom is -0.368 e. The van der Waals surface area contributed by atoms with E-state index in [1.807, 2.05) is 12.4 Å². The van der Waals surface area contributed by atoms with Gasteiger partial charge in [0, 0.05) is 17.8 Å². The van der Waals surface area contributed by atoms with Crippen LogP contribution in [0.3, 0.4) is 0 Å². The summed E-state index contributed by atoms with van der Waals surface area (Å²) >= 11 is 0. The molecule has 1 aliphatic rings. The van der Waals surface area contributed by atoms with Crippen molar-refractivity contribution in [2.45, 2.75) is 25.3 Å². The average Bonchev–Trinajstić information content (AvgIpc) is 2.91. The molecule has 5 nitrogen and oxygen atoms in total. The maximum atomic E-state index is 13.2. The molecule has 0 spiro atoms. The summed E-state index contributed by atoms with van der Waals surface area (Å²) in [5.41, 5.74) is 9.04. The molecule has 2 N–H and O–H groups in total. The van der Waals surface area contributed by atoms with E-state index < -0.39 is 0 Å². The molecule has 0 saturated heterocycles. The van der Waals surface area contributed by atoms with Crippen molar-refractivity contribution in [1.29, 1.82) is 0 Å². The second-order valence-corrected chi connectivity index (χ2v) is 5.74. The summed E-state index contributed by atoms with van der Waals surface area (Å²) in [5.74, 6) is -0.0334. The van der Waals surface area contributed by atoms with Gasteiger partial charge in [-0.3, -0.25) is 0 Å². The van der Waals surface area contributed by atoms with Crippen LogP contribution in [0.2, 0.25) is 0 Å². The molecule has 23 heavy (non-hydrogen) atoms. The Kier molecular flexibility index (Phi) is 3.29. The molecular formula is C17H16FN5. The number of rotatable bonds is 3. The van der Waals surface area contributed by atoms with E-state index in [4.69, 9.17) is 5.73 Å². The van der Waals surface area contributed by atoms with E-state index in [2.05, 4.69) is 19.5 Å². The predicted molar refractivity (Wildman–Crippen MR) is 85.9 cm³/mol. The van der Waals surface area contributed by atoms with E-state index in [-0.39, 0.29) is 11.8 Å². The minimum atomic E-state index is -0.264. The molecule has 1 aromatic carbocycles. The van der Waals surface area contributed by atoms with Crippen LogP contribution in [0.1, 0.15) is 25.3 Å². The maximum Gasteiger partial charge on any atom is 0.220 e. The lowest BCUT2D eigenvalue weighted by atomic mass is 9.92. The molecule has 0 atom stereocenters. The van der Waals surface area contributed by atoms with Gasteiger partial charge >= 0.3 is 0 Å². The molecule has 0 radical (unpaired) electrons. The molecule has 1 fully saturated rings. The highest BCUT2D eigenvalue weighted by Crippen LogP contribution is 2.39. The molecule has 2 heterocycles. The number of benzene rings is 1. The first-order valence-electron chi connectivity index (χ1n) is 7.64. The second-order valence-electron chi connectivity index (χ2n) is 5.74. The Morgan fingerprint density at radius 1 is 1.09 bits per heavy atom. The highest BCUT2D eigenvalue weighted by atomic mass is 19.1. The van der Waals surface area contributed by atoms with Crippen LogP contribution in [-0.4, -0.2) is 19.5 Å². The van der Waals surface area contributed by atoms with Crippen molar-refractivity contribution >= 4 is 5.95 Å². The van der Waals surface area contributed by atoms with Crippen molar-refractivity contribution in [3.63, 3.8) is 0 Å². The molecule has 1 aliphatic carbocycles. The lowest BCUT2D eigenvalue weighted by Gasteiger charge is -2.28. The number of hydrogen-bond acceptors (Lipinski definition) is 4. The molecule has 0 bridgehead atoms. The number of nitrogens with two attached hydrogens (primary N) is 1. The third-order valence-corrected chi connectivity index (χ3v) is 4.30. The summed E-state index contributed by atoms with van der Waals surface area (Å²) in [6.07, 6.45) is 6.97. The number of hydrogen-bond donors (Lipinski definition) is 1. The SMILES string of the molecule is Nc1nccc(-c2c(-c3ccc(F)cc3)ncn2C2CCC2)n1. The number of anilines is 1. The van der Waals surface area contributed by atoms with E-state index in [9.17, 15) is 4.39 Å². The molecular weight excluding hydrogens is 293 g/mol. The van der Waals surface area contributed by atoms with Crippen LogP contribution in [0.25, 0.3) is 22.6 Å². The summed E-state index contributed by atoms with van der Waals surface area (Å²) in [7, 11) is 0. The Bertz CT molecular complexity index is 836. The van der Waals surface area contributed by atoms with E-state index in [1.165, 1.54) is 18.6 Å². The van der Waals surface area contributed by atoms with Gasteiger partial charge in [-0.25, -0.2) is 19.3 Å². The highest BCUT2D eigenvalue weighted by molar-refractivity contribution is 5.77. The quantitative estimate of drug-likeness (QED) is 0.804. The Labute approximate surface area is 133 Å². The molecule has 3 aromatic rings. The highest BCUT2D eigenvalue weighted by Gasteiger charge is 2.25. The van der Waals surface area contributed by atoms with Gasteiger partial charge in [-0.1, -0.05) is 0 Å². The fraction of sp³-hybridized carbons (Fsp3) is 0.235. The van der Waals surface area contributed by atoms with Crippen LogP contribution in [0.15, 0.2) is 42.9 Å². The topological polar surface area (TPSA) is 69.6 Å². The van der Waals surface area contributed by atoms with Gasteiger partial charge in [-0.2, -0.15) is 0 Å². The van der Waals surface area contributed by atoms with Crippen molar-refractivity contribution < 1.29 is 4.39 Å². The Hall–Kier alpha value is -2.76. The molecule has 0 aliphatic heterocycles. The van der Waals surface area contributed by atoms with Crippen LogP contribution in [0, 0.1) is 5.82 Å². The lowest BCUT2D eigenvalue weighted by Crippen LogP contribution is -2.17. The molecule has 0 amide bonds. The zero-order valence-corrected chi connectivity index (χ0v) is 12.5. The van der Waals surface area contributed by atoms with Gasteiger partial charge in [0.15, 0.2) is 0 Å². The first-order chi connectivity index (χ1) is 11.2. The minimum absolute atomic E-state index is 0.230. The van der Waals surface area contributed by atoms with Crippen LogP contribution >= 0.6 is 0 Å². The number of nitrogens with zero attached hydrogens (tertiary/aromatic N) is 4. The number of aromatic nitrogens is 4. The van der Waals surface area contributed by atoms with Gasteiger partial charge in [0.2, 0.25) is 5.95 Å². The normalized spacial score (nSPS) is 14.7.